The molecular formula is C14H18N2O4. The fraction of sp³-hybridized carbons (Fsp3) is 0.429. The number of carboxylic acids is 1. The molecular weight excluding hydrogens is 260 g/mol. The first-order valence-electron chi connectivity index (χ1n) is 6.54. The van der Waals surface area contributed by atoms with Crippen LogP contribution in [-0.4, -0.2) is 46.3 Å². The summed E-state index contributed by atoms with van der Waals surface area (Å²) in [7, 11) is 0. The Morgan fingerprint density at radius 3 is 2.80 bits per heavy atom. The summed E-state index contributed by atoms with van der Waals surface area (Å²) in [5.74, 6) is -0.928. The molecule has 6 nitrogen and oxygen atoms in total. The molecule has 6 heteroatoms. The fourth-order valence-electron chi connectivity index (χ4n) is 2.30. The maximum absolute atomic E-state index is 12.0. The van der Waals surface area contributed by atoms with E-state index in [9.17, 15) is 14.7 Å². The molecule has 0 bridgehead atoms. The van der Waals surface area contributed by atoms with Gasteiger partial charge < -0.3 is 20.4 Å². The lowest BCUT2D eigenvalue weighted by molar-refractivity contribution is 0.0697. The summed E-state index contributed by atoms with van der Waals surface area (Å²) in [6, 6.07) is 5.85. The summed E-state index contributed by atoms with van der Waals surface area (Å²) in [5.41, 5.74) is 0.585. The standard InChI is InChI=1S/C14H18N2O4/c1-9(17)11-5-6-16(8-11)14(20)15-12-4-2-3-10(7-12)13(18)19/h2-4,7,9,11,17H,5-6,8H2,1H3,(H,15,20)(H,18,19). The first-order chi connectivity index (χ1) is 9.47. The van der Waals surface area contributed by atoms with Gasteiger partial charge in [0.2, 0.25) is 0 Å². The number of aromatic carboxylic acids is 1. The molecule has 1 heterocycles. The van der Waals surface area contributed by atoms with Gasteiger partial charge in [-0.25, -0.2) is 9.59 Å². The highest BCUT2D eigenvalue weighted by atomic mass is 16.4. The minimum Gasteiger partial charge on any atom is -0.478 e. The van der Waals surface area contributed by atoms with Crippen LogP contribution in [0.5, 0.6) is 0 Å². The van der Waals surface area contributed by atoms with E-state index in [2.05, 4.69) is 5.32 Å². The lowest BCUT2D eigenvalue weighted by atomic mass is 10.0. The second kappa shape index (κ2) is 5.92. The molecule has 0 radical (unpaired) electrons. The monoisotopic (exact) mass is 278 g/mol. The van der Waals surface area contributed by atoms with Crippen molar-refractivity contribution >= 4 is 17.7 Å². The normalized spacial score (nSPS) is 19.7. The van der Waals surface area contributed by atoms with Crippen LogP contribution in [-0.2, 0) is 0 Å². The Balaban J connectivity index is 1.98. The average Bonchev–Trinajstić information content (AvgIpc) is 2.88. The molecule has 1 aliphatic rings. The summed E-state index contributed by atoms with van der Waals surface area (Å²) >= 11 is 0. The first kappa shape index (κ1) is 14.3. The Labute approximate surface area is 117 Å². The average molecular weight is 278 g/mol. The summed E-state index contributed by atoms with van der Waals surface area (Å²) < 4.78 is 0. The van der Waals surface area contributed by atoms with E-state index in [1.165, 1.54) is 12.1 Å². The number of carbonyl (C=O) groups is 2. The molecule has 1 saturated heterocycles. The molecule has 0 aliphatic carbocycles. The Kier molecular flexibility index (Phi) is 4.24. The third-order valence-corrected chi connectivity index (χ3v) is 3.55. The van der Waals surface area contributed by atoms with E-state index in [4.69, 9.17) is 5.11 Å². The van der Waals surface area contributed by atoms with Crippen molar-refractivity contribution in [2.45, 2.75) is 19.4 Å². The third-order valence-electron chi connectivity index (χ3n) is 3.55. The van der Waals surface area contributed by atoms with Gasteiger partial charge in [0.1, 0.15) is 0 Å². The number of carboxylic acid groups (broad SMARTS) is 1. The molecule has 20 heavy (non-hydrogen) atoms. The summed E-state index contributed by atoms with van der Waals surface area (Å²) in [5, 5.41) is 21.1. The molecule has 0 spiro atoms. The predicted molar refractivity (Wildman–Crippen MR) is 73.8 cm³/mol. The van der Waals surface area contributed by atoms with Crippen LogP contribution in [0.25, 0.3) is 0 Å². The zero-order chi connectivity index (χ0) is 14.7. The number of benzene rings is 1. The number of hydrogen-bond acceptors (Lipinski definition) is 3. The number of aliphatic hydroxyl groups excluding tert-OH is 1. The third kappa shape index (κ3) is 3.27. The molecule has 108 valence electrons. The predicted octanol–water partition coefficient (Wildman–Crippen LogP) is 1.62. The van der Waals surface area contributed by atoms with Crippen LogP contribution >= 0.6 is 0 Å². The smallest absolute Gasteiger partial charge is 0.335 e. The second-order valence-corrected chi connectivity index (χ2v) is 5.05. The van der Waals surface area contributed by atoms with Crippen LogP contribution in [0.3, 0.4) is 0 Å². The van der Waals surface area contributed by atoms with Crippen molar-refractivity contribution in [2.75, 3.05) is 18.4 Å². The Morgan fingerprint density at radius 2 is 2.20 bits per heavy atom. The number of nitrogens with one attached hydrogen (secondary N) is 1. The number of aliphatic hydroxyl groups is 1. The van der Waals surface area contributed by atoms with Crippen LogP contribution in [0.2, 0.25) is 0 Å². The molecule has 1 fully saturated rings. The Hall–Kier alpha value is -2.08. The molecule has 0 saturated carbocycles. The van der Waals surface area contributed by atoms with Gasteiger partial charge >= 0.3 is 12.0 Å². The zero-order valence-electron chi connectivity index (χ0n) is 11.2. The number of rotatable bonds is 3. The molecule has 1 aromatic rings. The zero-order valence-corrected chi connectivity index (χ0v) is 11.2. The molecule has 2 unspecified atom stereocenters. The molecule has 2 atom stereocenters. The highest BCUT2D eigenvalue weighted by Crippen LogP contribution is 2.20. The second-order valence-electron chi connectivity index (χ2n) is 5.05. The van der Waals surface area contributed by atoms with Crippen molar-refractivity contribution in [1.82, 2.24) is 4.90 Å². The lowest BCUT2D eigenvalue weighted by Crippen LogP contribution is -2.34. The van der Waals surface area contributed by atoms with E-state index in [1.54, 1.807) is 24.0 Å². The molecule has 1 aliphatic heterocycles. The van der Waals surface area contributed by atoms with Gasteiger partial charge in [0.15, 0.2) is 0 Å². The number of amides is 2. The molecule has 0 aromatic heterocycles. The van der Waals surface area contributed by atoms with Crippen LogP contribution in [0, 0.1) is 5.92 Å². The van der Waals surface area contributed by atoms with Crippen molar-refractivity contribution in [3.05, 3.63) is 29.8 Å². The van der Waals surface area contributed by atoms with E-state index in [0.717, 1.165) is 6.42 Å². The Morgan fingerprint density at radius 1 is 1.45 bits per heavy atom. The lowest BCUT2D eigenvalue weighted by Gasteiger charge is -2.18. The van der Waals surface area contributed by atoms with Crippen LogP contribution < -0.4 is 5.32 Å². The van der Waals surface area contributed by atoms with E-state index < -0.39 is 12.1 Å². The fourth-order valence-corrected chi connectivity index (χ4v) is 2.30. The van der Waals surface area contributed by atoms with Gasteiger partial charge in [-0.15, -0.1) is 0 Å². The van der Waals surface area contributed by atoms with E-state index in [-0.39, 0.29) is 17.5 Å². The molecule has 3 N–H and O–H groups in total. The summed E-state index contributed by atoms with van der Waals surface area (Å²) in [6.07, 6.45) is 0.350. The van der Waals surface area contributed by atoms with Crippen LogP contribution in [0.1, 0.15) is 23.7 Å². The maximum Gasteiger partial charge on any atom is 0.335 e. The quantitative estimate of drug-likeness (QED) is 0.783. The number of hydrogen-bond donors (Lipinski definition) is 3. The molecule has 1 aromatic carbocycles. The van der Waals surface area contributed by atoms with Crippen LogP contribution in [0.15, 0.2) is 24.3 Å². The summed E-state index contributed by atoms with van der Waals surface area (Å²) in [6.45, 7) is 2.84. The highest BCUT2D eigenvalue weighted by molar-refractivity contribution is 5.93. The van der Waals surface area contributed by atoms with Crippen molar-refractivity contribution in [3.63, 3.8) is 0 Å². The van der Waals surface area contributed by atoms with Crippen molar-refractivity contribution in [3.8, 4) is 0 Å². The number of urea groups is 1. The number of likely N-dealkylation sites (tertiary alicyclic amines) is 1. The Bertz CT molecular complexity index is 516. The highest BCUT2D eigenvalue weighted by Gasteiger charge is 2.29. The van der Waals surface area contributed by atoms with E-state index >= 15 is 0 Å². The first-order valence-corrected chi connectivity index (χ1v) is 6.54. The van der Waals surface area contributed by atoms with Crippen LogP contribution in [0.4, 0.5) is 10.5 Å². The van der Waals surface area contributed by atoms with Gasteiger partial charge in [-0.05, 0) is 31.5 Å². The SMILES string of the molecule is CC(O)C1CCN(C(=O)Nc2cccc(C(=O)O)c2)C1. The van der Waals surface area contributed by atoms with Gasteiger partial charge in [0, 0.05) is 24.7 Å². The minimum absolute atomic E-state index is 0.103. The van der Waals surface area contributed by atoms with Gasteiger partial charge in [0.25, 0.3) is 0 Å². The van der Waals surface area contributed by atoms with Crippen molar-refractivity contribution in [1.29, 1.82) is 0 Å². The van der Waals surface area contributed by atoms with E-state index in [0.29, 0.717) is 18.8 Å². The maximum atomic E-state index is 12.0. The summed E-state index contributed by atoms with van der Waals surface area (Å²) in [4.78, 5) is 24.5. The van der Waals surface area contributed by atoms with Gasteiger partial charge in [0.05, 0.1) is 11.7 Å². The van der Waals surface area contributed by atoms with Gasteiger partial charge in [-0.2, -0.15) is 0 Å². The molecule has 2 amide bonds. The van der Waals surface area contributed by atoms with Crippen molar-refractivity contribution in [2.24, 2.45) is 5.92 Å². The van der Waals surface area contributed by atoms with E-state index in [1.807, 2.05) is 0 Å². The molecule has 2 rings (SSSR count). The number of nitrogens with zero attached hydrogens (tertiary/aromatic N) is 1. The number of carbonyl (C=O) groups excluding carboxylic acids is 1. The minimum atomic E-state index is -1.03. The van der Waals surface area contributed by atoms with Gasteiger partial charge in [-0.1, -0.05) is 6.07 Å². The number of anilines is 1. The topological polar surface area (TPSA) is 89.9 Å². The van der Waals surface area contributed by atoms with Gasteiger partial charge in [-0.3, -0.25) is 0 Å². The largest absolute Gasteiger partial charge is 0.478 e. The van der Waals surface area contributed by atoms with Crippen molar-refractivity contribution < 1.29 is 19.8 Å².